The van der Waals surface area contributed by atoms with Crippen LogP contribution in [0.2, 0.25) is 0 Å². The number of β-amino-alcohol motifs (C(OH)–C–C–N with tert-alkyl or cyclic N) is 1. The predicted octanol–water partition coefficient (Wildman–Crippen LogP) is 2.25. The fraction of sp³-hybridized carbons (Fsp3) is 0.263. The summed E-state index contributed by atoms with van der Waals surface area (Å²) in [6, 6.07) is 9.53. The van der Waals surface area contributed by atoms with Crippen LogP contribution in [-0.2, 0) is 0 Å². The summed E-state index contributed by atoms with van der Waals surface area (Å²) in [4.78, 5) is 36.2. The van der Waals surface area contributed by atoms with Crippen molar-refractivity contribution in [2.24, 2.45) is 0 Å². The Morgan fingerprint density at radius 2 is 1.74 bits per heavy atom. The van der Waals surface area contributed by atoms with Gasteiger partial charge in [0.1, 0.15) is 24.0 Å². The largest absolute Gasteiger partial charge is 0.490 e. The van der Waals surface area contributed by atoms with E-state index >= 15 is 0 Å². The van der Waals surface area contributed by atoms with E-state index in [1.54, 1.807) is 0 Å². The summed E-state index contributed by atoms with van der Waals surface area (Å²) in [6.45, 7) is 3.31. The molecular formula is C19H18N2O6. The molecule has 1 atom stereocenters. The first-order valence-electron chi connectivity index (χ1n) is 8.32. The minimum atomic E-state index is -1.13. The minimum Gasteiger partial charge on any atom is -0.490 e. The first-order valence-corrected chi connectivity index (χ1v) is 8.32. The molecule has 2 aromatic rings. The second-order valence-electron chi connectivity index (χ2n) is 6.36. The van der Waals surface area contributed by atoms with Crippen LogP contribution < -0.4 is 4.74 Å². The molecular weight excluding hydrogens is 352 g/mol. The van der Waals surface area contributed by atoms with Crippen LogP contribution in [-0.4, -0.2) is 46.0 Å². The van der Waals surface area contributed by atoms with Gasteiger partial charge in [0.25, 0.3) is 17.5 Å². The number of carbonyl (C=O) groups is 2. The SMILES string of the molecule is Cc1cccc(C)c1OC[C@H](O)CN1C(=O)c2cccc([N+](=O)[O-])c2C1=O. The highest BCUT2D eigenvalue weighted by atomic mass is 16.6. The Labute approximate surface area is 155 Å². The lowest BCUT2D eigenvalue weighted by molar-refractivity contribution is -0.385. The third-order valence-electron chi connectivity index (χ3n) is 4.40. The van der Waals surface area contributed by atoms with E-state index in [1.165, 1.54) is 18.2 Å². The summed E-state index contributed by atoms with van der Waals surface area (Å²) in [6.07, 6.45) is -1.13. The molecule has 0 saturated carbocycles. The number of aliphatic hydroxyl groups excluding tert-OH is 1. The average Bonchev–Trinajstić information content (AvgIpc) is 2.86. The predicted molar refractivity (Wildman–Crippen MR) is 95.9 cm³/mol. The summed E-state index contributed by atoms with van der Waals surface area (Å²) in [7, 11) is 0. The maximum atomic E-state index is 12.5. The summed E-state index contributed by atoms with van der Waals surface area (Å²) in [5.41, 5.74) is 1.11. The number of para-hydroxylation sites is 1. The summed E-state index contributed by atoms with van der Waals surface area (Å²) in [5.74, 6) is -0.812. The Bertz CT molecular complexity index is 920. The third kappa shape index (κ3) is 3.39. The number of aliphatic hydroxyl groups is 1. The molecule has 1 aliphatic heterocycles. The Kier molecular flexibility index (Phi) is 4.91. The number of ether oxygens (including phenoxy) is 1. The molecule has 27 heavy (non-hydrogen) atoms. The lowest BCUT2D eigenvalue weighted by Gasteiger charge is -2.20. The lowest BCUT2D eigenvalue weighted by atomic mass is 10.1. The molecule has 0 aromatic heterocycles. The Morgan fingerprint density at radius 1 is 1.11 bits per heavy atom. The van der Waals surface area contributed by atoms with Crippen LogP contribution >= 0.6 is 0 Å². The first-order chi connectivity index (χ1) is 12.8. The number of nitro benzene ring substituents is 1. The second kappa shape index (κ2) is 7.16. The van der Waals surface area contributed by atoms with Crippen molar-refractivity contribution in [2.75, 3.05) is 13.2 Å². The van der Waals surface area contributed by atoms with Gasteiger partial charge in [0, 0.05) is 6.07 Å². The van der Waals surface area contributed by atoms with Crippen molar-refractivity contribution in [3.05, 3.63) is 68.8 Å². The number of benzene rings is 2. The number of nitro groups is 1. The van der Waals surface area contributed by atoms with Crippen molar-refractivity contribution in [1.82, 2.24) is 4.90 Å². The van der Waals surface area contributed by atoms with Crippen LogP contribution in [0, 0.1) is 24.0 Å². The topological polar surface area (TPSA) is 110 Å². The van der Waals surface area contributed by atoms with Crippen molar-refractivity contribution in [2.45, 2.75) is 20.0 Å². The average molecular weight is 370 g/mol. The first kappa shape index (κ1) is 18.5. The normalized spacial score (nSPS) is 14.3. The van der Waals surface area contributed by atoms with Crippen LogP contribution in [0.25, 0.3) is 0 Å². The van der Waals surface area contributed by atoms with Gasteiger partial charge in [-0.05, 0) is 31.0 Å². The van der Waals surface area contributed by atoms with E-state index in [-0.39, 0.29) is 24.3 Å². The van der Waals surface area contributed by atoms with E-state index in [1.807, 2.05) is 32.0 Å². The van der Waals surface area contributed by atoms with E-state index in [0.29, 0.717) is 5.75 Å². The van der Waals surface area contributed by atoms with Gasteiger partial charge in [0.2, 0.25) is 0 Å². The zero-order valence-corrected chi connectivity index (χ0v) is 14.8. The number of aryl methyl sites for hydroxylation is 2. The van der Waals surface area contributed by atoms with Gasteiger partial charge in [0.05, 0.1) is 17.0 Å². The molecule has 0 bridgehead atoms. The van der Waals surface area contributed by atoms with Crippen molar-refractivity contribution >= 4 is 17.5 Å². The van der Waals surface area contributed by atoms with Gasteiger partial charge in [-0.3, -0.25) is 24.6 Å². The molecule has 8 nitrogen and oxygen atoms in total. The fourth-order valence-electron chi connectivity index (χ4n) is 3.10. The maximum Gasteiger partial charge on any atom is 0.282 e. The van der Waals surface area contributed by atoms with Crippen LogP contribution in [0.3, 0.4) is 0 Å². The van der Waals surface area contributed by atoms with Gasteiger partial charge >= 0.3 is 0 Å². The zero-order valence-electron chi connectivity index (χ0n) is 14.8. The molecule has 0 spiro atoms. The number of amides is 2. The molecule has 0 aliphatic carbocycles. The van der Waals surface area contributed by atoms with E-state index in [2.05, 4.69) is 0 Å². The highest BCUT2D eigenvalue weighted by Gasteiger charge is 2.41. The molecule has 0 unspecified atom stereocenters. The molecule has 2 amide bonds. The standard InChI is InChI=1S/C19H18N2O6/c1-11-5-3-6-12(2)17(11)27-10-13(22)9-20-18(23)14-7-4-8-15(21(25)26)16(14)19(20)24/h3-8,13,22H,9-10H2,1-2H3/t13-/m1/s1. The zero-order chi connectivity index (χ0) is 19.7. The molecule has 2 aromatic carbocycles. The summed E-state index contributed by atoms with van der Waals surface area (Å²) >= 11 is 0. The number of rotatable bonds is 6. The Morgan fingerprint density at radius 3 is 2.37 bits per heavy atom. The van der Waals surface area contributed by atoms with Gasteiger partial charge < -0.3 is 9.84 Å². The van der Waals surface area contributed by atoms with Gasteiger partial charge in [-0.25, -0.2) is 0 Å². The fourth-order valence-corrected chi connectivity index (χ4v) is 3.10. The number of hydrogen-bond donors (Lipinski definition) is 1. The molecule has 3 rings (SSSR count). The highest BCUT2D eigenvalue weighted by molar-refractivity contribution is 6.23. The van der Waals surface area contributed by atoms with Crippen molar-refractivity contribution in [1.29, 1.82) is 0 Å². The molecule has 1 heterocycles. The van der Waals surface area contributed by atoms with E-state index in [9.17, 15) is 24.8 Å². The molecule has 1 aliphatic rings. The Balaban J connectivity index is 1.73. The van der Waals surface area contributed by atoms with Gasteiger partial charge in [-0.15, -0.1) is 0 Å². The quantitative estimate of drug-likeness (QED) is 0.474. The molecule has 140 valence electrons. The highest BCUT2D eigenvalue weighted by Crippen LogP contribution is 2.31. The van der Waals surface area contributed by atoms with Gasteiger partial charge in [-0.1, -0.05) is 24.3 Å². The molecule has 1 N–H and O–H groups in total. The Hall–Kier alpha value is -3.26. The van der Waals surface area contributed by atoms with Crippen molar-refractivity contribution in [3.8, 4) is 5.75 Å². The smallest absolute Gasteiger partial charge is 0.282 e. The second-order valence-corrected chi connectivity index (χ2v) is 6.36. The summed E-state index contributed by atoms with van der Waals surface area (Å²) < 4.78 is 5.64. The van der Waals surface area contributed by atoms with Crippen LogP contribution in [0.5, 0.6) is 5.75 Å². The molecule has 0 radical (unpaired) electrons. The number of carbonyl (C=O) groups excluding carboxylic acids is 2. The van der Waals surface area contributed by atoms with E-state index in [0.717, 1.165) is 16.0 Å². The van der Waals surface area contributed by atoms with Crippen molar-refractivity contribution in [3.63, 3.8) is 0 Å². The lowest BCUT2D eigenvalue weighted by Crippen LogP contribution is -2.39. The maximum absolute atomic E-state index is 12.5. The van der Waals surface area contributed by atoms with Crippen LogP contribution in [0.1, 0.15) is 31.8 Å². The molecule has 0 saturated heterocycles. The van der Waals surface area contributed by atoms with E-state index < -0.39 is 28.5 Å². The number of fused-ring (bicyclic) bond motifs is 1. The van der Waals surface area contributed by atoms with Gasteiger partial charge in [-0.2, -0.15) is 0 Å². The summed E-state index contributed by atoms with van der Waals surface area (Å²) in [5, 5.41) is 21.4. The monoisotopic (exact) mass is 370 g/mol. The van der Waals surface area contributed by atoms with Crippen LogP contribution in [0.15, 0.2) is 36.4 Å². The number of imide groups is 1. The van der Waals surface area contributed by atoms with Crippen molar-refractivity contribution < 1.29 is 24.4 Å². The number of nitrogens with zero attached hydrogens (tertiary/aromatic N) is 2. The molecule has 0 fully saturated rings. The number of hydrogen-bond acceptors (Lipinski definition) is 6. The third-order valence-corrected chi connectivity index (χ3v) is 4.40. The van der Waals surface area contributed by atoms with Crippen LogP contribution in [0.4, 0.5) is 5.69 Å². The molecule has 8 heteroatoms. The minimum absolute atomic E-state index is 0.0305. The van der Waals surface area contributed by atoms with E-state index in [4.69, 9.17) is 4.74 Å². The van der Waals surface area contributed by atoms with Gasteiger partial charge in [0.15, 0.2) is 0 Å².